The zero-order valence-electron chi connectivity index (χ0n) is 17.6. The minimum Gasteiger partial charge on any atom is -0.349 e. The van der Waals surface area contributed by atoms with Gasteiger partial charge < -0.3 is 10.6 Å². The van der Waals surface area contributed by atoms with Gasteiger partial charge in [-0.1, -0.05) is 30.3 Å². The number of likely N-dealkylation sites (tertiary alicyclic amines) is 1. The van der Waals surface area contributed by atoms with Crippen molar-refractivity contribution in [2.75, 3.05) is 25.0 Å². The van der Waals surface area contributed by atoms with Gasteiger partial charge in [0.05, 0.1) is 24.2 Å². The van der Waals surface area contributed by atoms with Gasteiger partial charge in [-0.3, -0.25) is 14.5 Å². The van der Waals surface area contributed by atoms with Crippen molar-refractivity contribution in [1.82, 2.24) is 20.0 Å². The lowest BCUT2D eigenvalue weighted by atomic mass is 10.0. The van der Waals surface area contributed by atoms with Gasteiger partial charge in [-0.25, -0.2) is 4.68 Å². The van der Waals surface area contributed by atoms with E-state index in [0.717, 1.165) is 41.2 Å². The highest BCUT2D eigenvalue weighted by molar-refractivity contribution is 7.13. The maximum absolute atomic E-state index is 12.6. The molecule has 0 atom stereocenters. The predicted molar refractivity (Wildman–Crippen MR) is 122 cm³/mol. The maximum atomic E-state index is 12.6. The van der Waals surface area contributed by atoms with E-state index in [0.29, 0.717) is 18.9 Å². The summed E-state index contributed by atoms with van der Waals surface area (Å²) in [5.74, 6) is 0.648. The molecule has 1 aliphatic heterocycles. The second-order valence-corrected chi connectivity index (χ2v) is 9.13. The maximum Gasteiger partial charge on any atom is 0.261 e. The van der Waals surface area contributed by atoms with Gasteiger partial charge in [0.25, 0.3) is 5.91 Å². The minimum atomic E-state index is -0.0497. The largest absolute Gasteiger partial charge is 0.349 e. The number of aryl methyl sites for hydroxylation is 1. The van der Waals surface area contributed by atoms with Crippen LogP contribution in [0.2, 0.25) is 0 Å². The summed E-state index contributed by atoms with van der Waals surface area (Å²) in [6.07, 6.45) is 3.38. The van der Waals surface area contributed by atoms with Crippen LogP contribution in [-0.2, 0) is 11.3 Å². The molecule has 3 heterocycles. The number of hydrogen-bond donors (Lipinski definition) is 2. The Labute approximate surface area is 186 Å². The van der Waals surface area contributed by atoms with Crippen LogP contribution in [0, 0.1) is 6.92 Å². The molecule has 0 unspecified atom stereocenters. The SMILES string of the molecule is Cc1ccc(C(=O)NC2CCN(CC(=O)Nc3ccnn3Cc3ccccc3)CC2)s1. The van der Waals surface area contributed by atoms with Crippen molar-refractivity contribution in [3.8, 4) is 0 Å². The number of rotatable bonds is 7. The minimum absolute atomic E-state index is 0.000899. The number of piperidine rings is 1. The number of thiophene rings is 1. The van der Waals surface area contributed by atoms with E-state index in [1.165, 1.54) is 11.3 Å². The Bertz CT molecular complexity index is 1020. The summed E-state index contributed by atoms with van der Waals surface area (Å²) in [6.45, 7) is 4.51. The first kappa shape index (κ1) is 21.3. The number of carbonyl (C=O) groups excluding carboxylic acids is 2. The lowest BCUT2D eigenvalue weighted by Crippen LogP contribution is -2.46. The predicted octanol–water partition coefficient (Wildman–Crippen LogP) is 3.13. The number of hydrogen-bond acceptors (Lipinski definition) is 5. The summed E-state index contributed by atoms with van der Waals surface area (Å²) >= 11 is 1.51. The molecule has 0 bridgehead atoms. The van der Waals surface area contributed by atoms with E-state index in [4.69, 9.17) is 0 Å². The fourth-order valence-electron chi connectivity index (χ4n) is 3.76. The molecule has 2 aromatic heterocycles. The Morgan fingerprint density at radius 1 is 1.10 bits per heavy atom. The van der Waals surface area contributed by atoms with Crippen molar-refractivity contribution >= 4 is 29.0 Å². The Kier molecular flexibility index (Phi) is 6.79. The van der Waals surface area contributed by atoms with Gasteiger partial charge in [-0.15, -0.1) is 11.3 Å². The molecule has 0 saturated carbocycles. The molecular formula is C23H27N5O2S. The summed E-state index contributed by atoms with van der Waals surface area (Å²) in [5, 5.41) is 10.4. The van der Waals surface area contributed by atoms with Gasteiger partial charge in [-0.2, -0.15) is 5.10 Å². The molecule has 2 N–H and O–H groups in total. The lowest BCUT2D eigenvalue weighted by Gasteiger charge is -2.31. The Hall–Kier alpha value is -2.97. The van der Waals surface area contributed by atoms with Gasteiger partial charge in [0.15, 0.2) is 0 Å². The molecule has 1 saturated heterocycles. The van der Waals surface area contributed by atoms with Crippen molar-refractivity contribution < 1.29 is 9.59 Å². The highest BCUT2D eigenvalue weighted by Crippen LogP contribution is 2.17. The zero-order chi connectivity index (χ0) is 21.6. The van der Waals surface area contributed by atoms with Gasteiger partial charge in [0.2, 0.25) is 5.91 Å². The molecule has 162 valence electrons. The van der Waals surface area contributed by atoms with E-state index in [9.17, 15) is 9.59 Å². The summed E-state index contributed by atoms with van der Waals surface area (Å²) in [4.78, 5) is 28.9. The van der Waals surface area contributed by atoms with E-state index in [1.807, 2.05) is 55.5 Å². The van der Waals surface area contributed by atoms with Crippen LogP contribution in [0.15, 0.2) is 54.7 Å². The number of aromatic nitrogens is 2. The van der Waals surface area contributed by atoms with Crippen LogP contribution in [0.5, 0.6) is 0 Å². The average molecular weight is 438 g/mol. The first-order valence-corrected chi connectivity index (χ1v) is 11.3. The van der Waals surface area contributed by atoms with Crippen LogP contribution >= 0.6 is 11.3 Å². The van der Waals surface area contributed by atoms with E-state index in [-0.39, 0.29) is 17.9 Å². The fraction of sp³-hybridized carbons (Fsp3) is 0.348. The van der Waals surface area contributed by atoms with Gasteiger partial charge in [-0.05, 0) is 37.5 Å². The van der Waals surface area contributed by atoms with Crippen molar-refractivity contribution in [2.24, 2.45) is 0 Å². The first-order chi connectivity index (χ1) is 15.1. The third-order valence-electron chi connectivity index (χ3n) is 5.41. The van der Waals surface area contributed by atoms with Crippen LogP contribution in [-0.4, -0.2) is 52.2 Å². The fourth-order valence-corrected chi connectivity index (χ4v) is 4.53. The van der Waals surface area contributed by atoms with Crippen LogP contribution in [0.4, 0.5) is 5.82 Å². The number of nitrogens with zero attached hydrogens (tertiary/aromatic N) is 3. The van der Waals surface area contributed by atoms with Crippen molar-refractivity contribution in [2.45, 2.75) is 32.4 Å². The van der Waals surface area contributed by atoms with Crippen LogP contribution < -0.4 is 10.6 Å². The number of nitrogens with one attached hydrogen (secondary N) is 2. The zero-order valence-corrected chi connectivity index (χ0v) is 18.4. The van der Waals surface area contributed by atoms with Crippen molar-refractivity contribution in [1.29, 1.82) is 0 Å². The third-order valence-corrected chi connectivity index (χ3v) is 6.41. The van der Waals surface area contributed by atoms with Gasteiger partial charge in [0.1, 0.15) is 5.82 Å². The molecule has 1 fully saturated rings. The molecule has 7 nitrogen and oxygen atoms in total. The summed E-state index contributed by atoms with van der Waals surface area (Å²) in [5.41, 5.74) is 1.13. The molecule has 2 amide bonds. The van der Waals surface area contributed by atoms with Gasteiger partial charge >= 0.3 is 0 Å². The Morgan fingerprint density at radius 2 is 1.87 bits per heavy atom. The van der Waals surface area contributed by atoms with Crippen molar-refractivity contribution in [3.05, 3.63) is 70.0 Å². The molecule has 0 aliphatic carbocycles. The third kappa shape index (κ3) is 5.80. The molecule has 1 aromatic carbocycles. The highest BCUT2D eigenvalue weighted by Gasteiger charge is 2.23. The molecule has 4 rings (SSSR count). The summed E-state index contributed by atoms with van der Waals surface area (Å²) < 4.78 is 1.79. The summed E-state index contributed by atoms with van der Waals surface area (Å²) in [7, 11) is 0. The Balaban J connectivity index is 1.23. The van der Waals surface area contributed by atoms with Gasteiger partial charge in [0, 0.05) is 30.1 Å². The van der Waals surface area contributed by atoms with E-state index in [2.05, 4.69) is 20.6 Å². The number of anilines is 1. The standard InChI is InChI=1S/C23H27N5O2S/c1-17-7-8-20(31-17)23(30)25-19-10-13-27(14-11-19)16-22(29)26-21-9-12-24-28(21)15-18-5-3-2-4-6-18/h2-9,12,19H,10-11,13-16H2,1H3,(H,25,30)(H,26,29). The number of benzene rings is 1. The quantitative estimate of drug-likeness (QED) is 0.595. The molecule has 8 heteroatoms. The topological polar surface area (TPSA) is 79.3 Å². The Morgan fingerprint density at radius 3 is 2.58 bits per heavy atom. The molecule has 3 aromatic rings. The van der Waals surface area contributed by atoms with E-state index < -0.39 is 0 Å². The molecule has 1 aliphatic rings. The highest BCUT2D eigenvalue weighted by atomic mass is 32.1. The van der Waals surface area contributed by atoms with Crippen LogP contribution in [0.1, 0.15) is 33.0 Å². The van der Waals surface area contributed by atoms with E-state index in [1.54, 1.807) is 10.9 Å². The number of carbonyl (C=O) groups is 2. The average Bonchev–Trinajstić information content (AvgIpc) is 3.39. The molecule has 0 spiro atoms. The normalized spacial score (nSPS) is 15.0. The second kappa shape index (κ2) is 9.89. The lowest BCUT2D eigenvalue weighted by molar-refractivity contribution is -0.117. The number of amides is 2. The molecule has 0 radical (unpaired) electrons. The summed E-state index contributed by atoms with van der Waals surface area (Å²) in [6, 6.07) is 15.8. The van der Waals surface area contributed by atoms with Crippen LogP contribution in [0.25, 0.3) is 0 Å². The van der Waals surface area contributed by atoms with E-state index >= 15 is 0 Å². The molecule has 31 heavy (non-hydrogen) atoms. The second-order valence-electron chi connectivity index (χ2n) is 7.84. The monoisotopic (exact) mass is 437 g/mol. The smallest absolute Gasteiger partial charge is 0.261 e. The molecular weight excluding hydrogens is 410 g/mol. The first-order valence-electron chi connectivity index (χ1n) is 10.5. The van der Waals surface area contributed by atoms with Crippen molar-refractivity contribution in [3.63, 3.8) is 0 Å². The van der Waals surface area contributed by atoms with Crippen LogP contribution in [0.3, 0.4) is 0 Å².